The first kappa shape index (κ1) is 16.0. The molecule has 3 nitrogen and oxygen atoms in total. The summed E-state index contributed by atoms with van der Waals surface area (Å²) in [6, 6.07) is 9.49. The predicted molar refractivity (Wildman–Crippen MR) is 88.3 cm³/mol. The Kier molecular flexibility index (Phi) is 5.82. The Bertz CT molecular complexity index is 596. The molecule has 0 amide bonds. The maximum absolute atomic E-state index is 11.6. The molecule has 0 bridgehead atoms. The summed E-state index contributed by atoms with van der Waals surface area (Å²) in [6.45, 7) is 2.68. The van der Waals surface area contributed by atoms with E-state index in [9.17, 15) is 9.90 Å². The zero-order valence-corrected chi connectivity index (χ0v) is 14.1. The highest BCUT2D eigenvalue weighted by atomic mass is 79.9. The van der Waals surface area contributed by atoms with E-state index in [4.69, 9.17) is 4.74 Å². The normalized spacial score (nSPS) is 12.1. The highest BCUT2D eigenvalue weighted by molar-refractivity contribution is 9.10. The smallest absolute Gasteiger partial charge is 0.312 e. The molecule has 5 heteroatoms. The lowest BCUT2D eigenvalue weighted by molar-refractivity contribution is -0.138. The molecule has 1 heterocycles. The summed E-state index contributed by atoms with van der Waals surface area (Å²) in [6.07, 6.45) is 1.34. The monoisotopic (exact) mass is 368 g/mol. The van der Waals surface area contributed by atoms with Crippen molar-refractivity contribution in [3.63, 3.8) is 0 Å². The Morgan fingerprint density at radius 3 is 2.86 bits per heavy atom. The molecule has 1 aromatic heterocycles. The number of carboxylic acid groups (broad SMARTS) is 1. The highest BCUT2D eigenvalue weighted by Crippen LogP contribution is 2.31. The molecule has 0 radical (unpaired) electrons. The fourth-order valence-corrected chi connectivity index (χ4v) is 3.31. The van der Waals surface area contributed by atoms with Gasteiger partial charge in [0.2, 0.25) is 0 Å². The molecule has 1 unspecified atom stereocenters. The zero-order chi connectivity index (χ0) is 15.2. The van der Waals surface area contributed by atoms with Crippen LogP contribution in [0.2, 0.25) is 0 Å². The van der Waals surface area contributed by atoms with Crippen LogP contribution in [-0.2, 0) is 11.2 Å². The summed E-state index contributed by atoms with van der Waals surface area (Å²) in [5.74, 6) is -0.579. The molecule has 0 saturated heterocycles. The van der Waals surface area contributed by atoms with Crippen molar-refractivity contribution >= 4 is 33.2 Å². The zero-order valence-electron chi connectivity index (χ0n) is 11.7. The summed E-state index contributed by atoms with van der Waals surface area (Å²) in [5.41, 5.74) is 0.915. The van der Waals surface area contributed by atoms with Crippen LogP contribution >= 0.6 is 27.3 Å². The number of hydrogen-bond donors (Lipinski definition) is 1. The summed E-state index contributed by atoms with van der Waals surface area (Å²) in [7, 11) is 0. The molecular weight excluding hydrogens is 352 g/mol. The van der Waals surface area contributed by atoms with Gasteiger partial charge < -0.3 is 9.84 Å². The van der Waals surface area contributed by atoms with Gasteiger partial charge in [0, 0.05) is 9.35 Å². The largest absolute Gasteiger partial charge is 0.493 e. The molecule has 1 atom stereocenters. The lowest BCUT2D eigenvalue weighted by Gasteiger charge is -2.15. The van der Waals surface area contributed by atoms with E-state index >= 15 is 0 Å². The van der Waals surface area contributed by atoms with E-state index in [1.165, 1.54) is 11.3 Å². The third-order valence-electron chi connectivity index (χ3n) is 3.09. The molecule has 112 valence electrons. The van der Waals surface area contributed by atoms with Crippen LogP contribution in [0.25, 0.3) is 0 Å². The maximum atomic E-state index is 11.6. The van der Waals surface area contributed by atoms with Gasteiger partial charge in [-0.1, -0.05) is 28.9 Å². The Morgan fingerprint density at radius 1 is 1.43 bits per heavy atom. The quantitative estimate of drug-likeness (QED) is 0.769. The second kappa shape index (κ2) is 7.61. The Morgan fingerprint density at radius 2 is 2.24 bits per heavy atom. The minimum absolute atomic E-state index is 0.425. The molecule has 0 saturated carbocycles. The Balaban J connectivity index is 2.27. The number of ether oxygens (including phenoxy) is 1. The number of halogens is 1. The number of carbonyl (C=O) groups is 1. The van der Waals surface area contributed by atoms with Crippen molar-refractivity contribution in [1.29, 1.82) is 0 Å². The van der Waals surface area contributed by atoms with Crippen LogP contribution < -0.4 is 4.74 Å². The van der Waals surface area contributed by atoms with Crippen LogP contribution in [0.4, 0.5) is 0 Å². The van der Waals surface area contributed by atoms with Crippen molar-refractivity contribution in [1.82, 2.24) is 0 Å². The minimum atomic E-state index is -0.807. The average molecular weight is 369 g/mol. The van der Waals surface area contributed by atoms with Crippen LogP contribution in [0.5, 0.6) is 5.75 Å². The lowest BCUT2D eigenvalue weighted by Crippen LogP contribution is -2.14. The van der Waals surface area contributed by atoms with Crippen LogP contribution in [0, 0.1) is 0 Å². The van der Waals surface area contributed by atoms with Crippen LogP contribution in [-0.4, -0.2) is 17.7 Å². The van der Waals surface area contributed by atoms with Crippen molar-refractivity contribution < 1.29 is 14.6 Å². The number of rotatable bonds is 7. The van der Waals surface area contributed by atoms with Gasteiger partial charge in [0.05, 0.1) is 12.5 Å². The summed E-state index contributed by atoms with van der Waals surface area (Å²) < 4.78 is 6.66. The molecule has 2 rings (SSSR count). The molecule has 21 heavy (non-hydrogen) atoms. The van der Waals surface area contributed by atoms with E-state index in [0.29, 0.717) is 13.0 Å². The van der Waals surface area contributed by atoms with Crippen LogP contribution in [0.3, 0.4) is 0 Å². The molecule has 0 fully saturated rings. The molecule has 1 aromatic carbocycles. The minimum Gasteiger partial charge on any atom is -0.493 e. The maximum Gasteiger partial charge on any atom is 0.312 e. The molecular formula is C16H17BrO3S. The first-order valence-electron chi connectivity index (χ1n) is 6.79. The summed E-state index contributed by atoms with van der Waals surface area (Å²) in [4.78, 5) is 12.4. The fraction of sp³-hybridized carbons (Fsp3) is 0.312. The second-order valence-electron chi connectivity index (χ2n) is 4.71. The number of thiophene rings is 1. The molecule has 2 aromatic rings. The third kappa shape index (κ3) is 4.32. The van der Waals surface area contributed by atoms with Crippen molar-refractivity contribution in [2.75, 3.05) is 6.61 Å². The van der Waals surface area contributed by atoms with Gasteiger partial charge in [-0.05, 0) is 48.1 Å². The highest BCUT2D eigenvalue weighted by Gasteiger charge is 2.23. The number of benzene rings is 1. The van der Waals surface area contributed by atoms with E-state index in [1.807, 2.05) is 42.6 Å². The van der Waals surface area contributed by atoms with Gasteiger partial charge in [-0.2, -0.15) is 0 Å². The summed E-state index contributed by atoms with van der Waals surface area (Å²) >= 11 is 4.91. The number of aliphatic carboxylic acids is 1. The third-order valence-corrected chi connectivity index (χ3v) is 4.57. The fourth-order valence-electron chi connectivity index (χ4n) is 2.08. The van der Waals surface area contributed by atoms with Crippen molar-refractivity contribution in [3.05, 3.63) is 50.6 Å². The first-order valence-corrected chi connectivity index (χ1v) is 8.46. The summed E-state index contributed by atoms with van der Waals surface area (Å²) in [5, 5.41) is 11.4. The topological polar surface area (TPSA) is 46.5 Å². The van der Waals surface area contributed by atoms with Crippen molar-refractivity contribution in [3.8, 4) is 5.75 Å². The van der Waals surface area contributed by atoms with Gasteiger partial charge in [0.15, 0.2) is 0 Å². The molecule has 0 aliphatic rings. The van der Waals surface area contributed by atoms with E-state index in [2.05, 4.69) is 15.9 Å². The Labute approximate surface area is 136 Å². The SMILES string of the molecule is CCCOc1ccc(Br)cc1CC(C(=O)O)c1cccs1. The standard InChI is InChI=1S/C16H17BrO3S/c1-2-7-20-14-6-5-12(17)9-11(14)10-13(16(18)19)15-4-3-8-21-15/h3-6,8-9,13H,2,7,10H2,1H3,(H,18,19). The van der Waals surface area contributed by atoms with E-state index in [-0.39, 0.29) is 0 Å². The van der Waals surface area contributed by atoms with Crippen LogP contribution in [0.15, 0.2) is 40.2 Å². The van der Waals surface area contributed by atoms with Gasteiger partial charge in [-0.3, -0.25) is 4.79 Å². The molecule has 1 N–H and O–H groups in total. The Hall–Kier alpha value is -1.33. The van der Waals surface area contributed by atoms with Gasteiger partial charge in [-0.25, -0.2) is 0 Å². The van der Waals surface area contributed by atoms with Gasteiger partial charge >= 0.3 is 5.97 Å². The van der Waals surface area contributed by atoms with E-state index in [1.54, 1.807) is 0 Å². The van der Waals surface area contributed by atoms with Gasteiger partial charge in [0.25, 0.3) is 0 Å². The number of carboxylic acids is 1. The average Bonchev–Trinajstić information content (AvgIpc) is 2.97. The van der Waals surface area contributed by atoms with Gasteiger partial charge in [0.1, 0.15) is 5.75 Å². The molecule has 0 spiro atoms. The van der Waals surface area contributed by atoms with Gasteiger partial charge in [-0.15, -0.1) is 11.3 Å². The first-order chi connectivity index (χ1) is 10.1. The molecule has 0 aliphatic heterocycles. The predicted octanol–water partition coefficient (Wildman–Crippen LogP) is 4.71. The lowest BCUT2D eigenvalue weighted by atomic mass is 9.97. The number of hydrogen-bond acceptors (Lipinski definition) is 3. The van der Waals surface area contributed by atoms with E-state index in [0.717, 1.165) is 27.1 Å². The van der Waals surface area contributed by atoms with Crippen LogP contribution in [0.1, 0.15) is 29.7 Å². The van der Waals surface area contributed by atoms with Crippen molar-refractivity contribution in [2.45, 2.75) is 25.7 Å². The second-order valence-corrected chi connectivity index (χ2v) is 6.61. The van der Waals surface area contributed by atoms with Crippen molar-refractivity contribution in [2.24, 2.45) is 0 Å². The molecule has 0 aliphatic carbocycles. The van der Waals surface area contributed by atoms with E-state index < -0.39 is 11.9 Å².